The van der Waals surface area contributed by atoms with Crippen LogP contribution < -0.4 is 10.1 Å². The van der Waals surface area contributed by atoms with E-state index in [1.54, 1.807) is 0 Å². The Kier molecular flexibility index (Phi) is 4.58. The van der Waals surface area contributed by atoms with Gasteiger partial charge in [-0.3, -0.25) is 4.90 Å². The number of aryl methyl sites for hydroxylation is 1. The summed E-state index contributed by atoms with van der Waals surface area (Å²) in [5.74, 6) is 1.05. The number of fused-ring (bicyclic) bond motifs is 1. The summed E-state index contributed by atoms with van der Waals surface area (Å²) >= 11 is 0. The molecule has 20 heavy (non-hydrogen) atoms. The van der Waals surface area contributed by atoms with Gasteiger partial charge in [0.15, 0.2) is 0 Å². The zero-order valence-corrected chi connectivity index (χ0v) is 12.5. The van der Waals surface area contributed by atoms with E-state index in [9.17, 15) is 0 Å². The minimum atomic E-state index is 0.603. The highest BCUT2D eigenvalue weighted by atomic mass is 16.5. The SMILES string of the molecule is CCCOc1ccc2c(c1)C(N1CCNCC1)CCC2. The molecule has 1 aliphatic heterocycles. The average Bonchev–Trinajstić information content (AvgIpc) is 2.53. The average molecular weight is 274 g/mol. The van der Waals surface area contributed by atoms with E-state index in [1.807, 2.05) is 0 Å². The molecule has 1 aromatic rings. The van der Waals surface area contributed by atoms with Gasteiger partial charge in [0.1, 0.15) is 5.75 Å². The van der Waals surface area contributed by atoms with Crippen LogP contribution in [0.15, 0.2) is 18.2 Å². The Bertz CT molecular complexity index is 441. The van der Waals surface area contributed by atoms with Gasteiger partial charge >= 0.3 is 0 Å². The minimum Gasteiger partial charge on any atom is -0.494 e. The summed E-state index contributed by atoms with van der Waals surface area (Å²) in [6, 6.07) is 7.34. The third kappa shape index (κ3) is 2.99. The highest BCUT2D eigenvalue weighted by molar-refractivity contribution is 5.39. The lowest BCUT2D eigenvalue weighted by Crippen LogP contribution is -2.45. The predicted octanol–water partition coefficient (Wildman–Crippen LogP) is 2.76. The zero-order valence-electron chi connectivity index (χ0n) is 12.5. The van der Waals surface area contributed by atoms with Crippen LogP contribution in [0.2, 0.25) is 0 Å². The Morgan fingerprint density at radius 1 is 1.30 bits per heavy atom. The van der Waals surface area contributed by atoms with Crippen molar-refractivity contribution in [2.45, 2.75) is 38.6 Å². The Hall–Kier alpha value is -1.06. The quantitative estimate of drug-likeness (QED) is 0.913. The van der Waals surface area contributed by atoms with Gasteiger partial charge in [0.25, 0.3) is 0 Å². The standard InChI is InChI=1S/C17H26N2O/c1-2-12-20-15-7-6-14-4-3-5-17(16(14)13-15)19-10-8-18-9-11-19/h6-7,13,17-18H,2-5,8-12H2,1H3. The number of hydrogen-bond donors (Lipinski definition) is 1. The van der Waals surface area contributed by atoms with Crippen molar-refractivity contribution in [3.8, 4) is 5.75 Å². The summed E-state index contributed by atoms with van der Waals surface area (Å²) in [6.07, 6.45) is 4.91. The van der Waals surface area contributed by atoms with E-state index in [4.69, 9.17) is 4.74 Å². The highest BCUT2D eigenvalue weighted by Crippen LogP contribution is 2.36. The predicted molar refractivity (Wildman–Crippen MR) is 82.3 cm³/mol. The van der Waals surface area contributed by atoms with E-state index in [1.165, 1.54) is 43.5 Å². The van der Waals surface area contributed by atoms with Gasteiger partial charge in [-0.2, -0.15) is 0 Å². The van der Waals surface area contributed by atoms with Gasteiger partial charge in [0, 0.05) is 32.2 Å². The molecule has 0 spiro atoms. The molecule has 0 saturated carbocycles. The second-order valence-corrected chi connectivity index (χ2v) is 5.90. The van der Waals surface area contributed by atoms with E-state index in [-0.39, 0.29) is 0 Å². The van der Waals surface area contributed by atoms with E-state index in [0.29, 0.717) is 6.04 Å². The van der Waals surface area contributed by atoms with Crippen molar-refractivity contribution in [2.24, 2.45) is 0 Å². The third-order valence-electron chi connectivity index (χ3n) is 4.47. The lowest BCUT2D eigenvalue weighted by Gasteiger charge is -2.38. The van der Waals surface area contributed by atoms with Gasteiger partial charge in [-0.15, -0.1) is 0 Å². The summed E-state index contributed by atoms with van der Waals surface area (Å²) < 4.78 is 5.83. The number of nitrogens with zero attached hydrogens (tertiary/aromatic N) is 1. The van der Waals surface area contributed by atoms with Gasteiger partial charge in [-0.05, 0) is 48.9 Å². The van der Waals surface area contributed by atoms with Crippen LogP contribution >= 0.6 is 0 Å². The summed E-state index contributed by atoms with van der Waals surface area (Å²) in [7, 11) is 0. The maximum atomic E-state index is 5.83. The second kappa shape index (κ2) is 6.59. The Labute approximate surface area is 122 Å². The van der Waals surface area contributed by atoms with Crippen LogP contribution in [0.4, 0.5) is 0 Å². The fourth-order valence-corrected chi connectivity index (χ4v) is 3.44. The smallest absolute Gasteiger partial charge is 0.119 e. The third-order valence-corrected chi connectivity index (χ3v) is 4.47. The van der Waals surface area contributed by atoms with Gasteiger partial charge in [0.2, 0.25) is 0 Å². The molecule has 1 N–H and O–H groups in total. The molecule has 0 bridgehead atoms. The van der Waals surface area contributed by atoms with Gasteiger partial charge in [0.05, 0.1) is 6.61 Å². The van der Waals surface area contributed by atoms with E-state index in [0.717, 1.165) is 31.9 Å². The molecule has 1 aromatic carbocycles. The fraction of sp³-hybridized carbons (Fsp3) is 0.647. The largest absolute Gasteiger partial charge is 0.494 e. The van der Waals surface area contributed by atoms with Gasteiger partial charge < -0.3 is 10.1 Å². The van der Waals surface area contributed by atoms with Crippen molar-refractivity contribution in [1.29, 1.82) is 0 Å². The zero-order chi connectivity index (χ0) is 13.8. The molecular formula is C17H26N2O. The molecule has 1 saturated heterocycles. The van der Waals surface area contributed by atoms with Crippen LogP contribution in [0.1, 0.15) is 43.4 Å². The van der Waals surface area contributed by atoms with Crippen LogP contribution in [0.25, 0.3) is 0 Å². The molecule has 1 fully saturated rings. The van der Waals surface area contributed by atoms with Crippen LogP contribution in [0.5, 0.6) is 5.75 Å². The molecule has 3 nitrogen and oxygen atoms in total. The van der Waals surface area contributed by atoms with E-state index in [2.05, 4.69) is 35.3 Å². The van der Waals surface area contributed by atoms with Crippen molar-refractivity contribution < 1.29 is 4.74 Å². The number of piperazine rings is 1. The van der Waals surface area contributed by atoms with Crippen LogP contribution in [0.3, 0.4) is 0 Å². The van der Waals surface area contributed by atoms with Gasteiger partial charge in [-0.25, -0.2) is 0 Å². The molecule has 0 amide bonds. The van der Waals surface area contributed by atoms with Gasteiger partial charge in [-0.1, -0.05) is 13.0 Å². The normalized spacial score (nSPS) is 23.4. The Morgan fingerprint density at radius 3 is 2.95 bits per heavy atom. The molecule has 1 aliphatic carbocycles. The van der Waals surface area contributed by atoms with Crippen molar-refractivity contribution >= 4 is 0 Å². The molecule has 1 unspecified atom stereocenters. The monoisotopic (exact) mass is 274 g/mol. The van der Waals surface area contributed by atoms with Crippen molar-refractivity contribution in [3.63, 3.8) is 0 Å². The molecule has 1 heterocycles. The first-order chi connectivity index (χ1) is 9.88. The maximum absolute atomic E-state index is 5.83. The first-order valence-corrected chi connectivity index (χ1v) is 8.09. The molecule has 1 atom stereocenters. The van der Waals surface area contributed by atoms with Crippen molar-refractivity contribution in [2.75, 3.05) is 32.8 Å². The molecule has 0 aromatic heterocycles. The fourth-order valence-electron chi connectivity index (χ4n) is 3.44. The van der Waals surface area contributed by atoms with Crippen LogP contribution in [0, 0.1) is 0 Å². The Morgan fingerprint density at radius 2 is 2.15 bits per heavy atom. The summed E-state index contributed by atoms with van der Waals surface area (Å²) in [5, 5.41) is 3.45. The van der Waals surface area contributed by atoms with Crippen LogP contribution in [-0.4, -0.2) is 37.7 Å². The lowest BCUT2D eigenvalue weighted by molar-refractivity contribution is 0.157. The number of hydrogen-bond acceptors (Lipinski definition) is 3. The lowest BCUT2D eigenvalue weighted by atomic mass is 9.86. The Balaban J connectivity index is 1.81. The van der Waals surface area contributed by atoms with E-state index >= 15 is 0 Å². The topological polar surface area (TPSA) is 24.5 Å². The van der Waals surface area contributed by atoms with E-state index < -0.39 is 0 Å². The first-order valence-electron chi connectivity index (χ1n) is 8.09. The molecule has 110 valence electrons. The number of rotatable bonds is 4. The molecule has 3 heteroatoms. The van der Waals surface area contributed by atoms with Crippen LogP contribution in [-0.2, 0) is 6.42 Å². The number of benzene rings is 1. The second-order valence-electron chi connectivity index (χ2n) is 5.90. The molecule has 0 radical (unpaired) electrons. The maximum Gasteiger partial charge on any atom is 0.119 e. The highest BCUT2D eigenvalue weighted by Gasteiger charge is 2.27. The number of nitrogens with one attached hydrogen (secondary N) is 1. The first kappa shape index (κ1) is 13.9. The molecule has 3 rings (SSSR count). The van der Waals surface area contributed by atoms with Crippen molar-refractivity contribution in [1.82, 2.24) is 10.2 Å². The number of ether oxygens (including phenoxy) is 1. The minimum absolute atomic E-state index is 0.603. The molecular weight excluding hydrogens is 248 g/mol. The van der Waals surface area contributed by atoms with Crippen molar-refractivity contribution in [3.05, 3.63) is 29.3 Å². The summed E-state index contributed by atoms with van der Waals surface area (Å²) in [4.78, 5) is 2.65. The summed E-state index contributed by atoms with van der Waals surface area (Å²) in [6.45, 7) is 7.56. The molecule has 2 aliphatic rings. The summed E-state index contributed by atoms with van der Waals surface area (Å²) in [5.41, 5.74) is 3.05.